The first-order chi connectivity index (χ1) is 9.69. The number of carbonyl (C=O) groups is 1. The number of esters is 1. The Morgan fingerprint density at radius 2 is 2.20 bits per heavy atom. The predicted octanol–water partition coefficient (Wildman–Crippen LogP) is 3.31. The number of nitrogens with zero attached hydrogens (tertiary/aromatic N) is 1. The highest BCUT2D eigenvalue weighted by Gasteiger charge is 2.43. The fourth-order valence-electron chi connectivity index (χ4n) is 4.08. The Hall–Kier alpha value is -0.870. The number of piperidine rings is 2. The summed E-state index contributed by atoms with van der Waals surface area (Å²) in [5, 5.41) is 1.92. The molecule has 2 aliphatic rings. The molecule has 1 aromatic heterocycles. The van der Waals surface area contributed by atoms with Gasteiger partial charge in [-0.05, 0) is 37.1 Å². The van der Waals surface area contributed by atoms with Gasteiger partial charge in [-0.1, -0.05) is 6.07 Å². The van der Waals surface area contributed by atoms with E-state index < -0.39 is 0 Å². The van der Waals surface area contributed by atoms with Gasteiger partial charge in [0.1, 0.15) is 11.5 Å². The van der Waals surface area contributed by atoms with Gasteiger partial charge in [-0.3, -0.25) is 0 Å². The van der Waals surface area contributed by atoms with Crippen molar-refractivity contribution in [3.8, 4) is 0 Å². The Bertz CT molecular complexity index is 455. The quantitative estimate of drug-likeness (QED) is 0.631. The topological polar surface area (TPSA) is 26.3 Å². The molecule has 3 rings (SSSR count). The van der Waals surface area contributed by atoms with E-state index in [2.05, 4.69) is 7.05 Å². The molecule has 0 bridgehead atoms. The molecule has 2 aliphatic heterocycles. The molecular formula is C16H24NO2S+. The number of thiophene rings is 1. The van der Waals surface area contributed by atoms with Crippen LogP contribution in [-0.2, 0) is 4.74 Å². The third kappa shape index (κ3) is 2.77. The molecular weight excluding hydrogens is 270 g/mol. The minimum atomic E-state index is -0.143. The number of rotatable bonds is 3. The Morgan fingerprint density at radius 3 is 3.00 bits per heavy atom. The van der Waals surface area contributed by atoms with Crippen molar-refractivity contribution < 1.29 is 14.0 Å². The number of ether oxygens (including phenoxy) is 1. The SMILES string of the molecule is C[N+]12CCCC[C@H]1[C@H](COC(=O)c1cccs1)CCC2. The average Bonchev–Trinajstić information content (AvgIpc) is 2.98. The molecule has 0 amide bonds. The van der Waals surface area contributed by atoms with E-state index in [1.165, 1.54) is 61.0 Å². The van der Waals surface area contributed by atoms with Crippen LogP contribution in [0.2, 0.25) is 0 Å². The number of hydrogen-bond acceptors (Lipinski definition) is 3. The van der Waals surface area contributed by atoms with Crippen LogP contribution in [0.25, 0.3) is 0 Å². The standard InChI is InChI=1S/C16H24NO2S/c1-17-9-3-2-7-14(17)13(6-4-10-17)12-19-16(18)15-8-5-11-20-15/h5,8,11,13-14H,2-4,6-7,9-10,12H2,1H3/q+1/t13-,14-,17?/m0/s1. The highest BCUT2D eigenvalue weighted by Crippen LogP contribution is 2.36. The van der Waals surface area contributed by atoms with Crippen LogP contribution in [0, 0.1) is 5.92 Å². The molecule has 3 heterocycles. The molecule has 0 aromatic carbocycles. The molecule has 3 nitrogen and oxygen atoms in total. The van der Waals surface area contributed by atoms with E-state index in [-0.39, 0.29) is 5.97 Å². The average molecular weight is 294 g/mol. The number of carbonyl (C=O) groups excluding carboxylic acids is 1. The molecule has 2 saturated heterocycles. The molecule has 0 N–H and O–H groups in total. The lowest BCUT2D eigenvalue weighted by Gasteiger charge is -2.51. The maximum absolute atomic E-state index is 12.0. The van der Waals surface area contributed by atoms with Gasteiger partial charge in [-0.15, -0.1) is 11.3 Å². The Labute approximate surface area is 125 Å². The second kappa shape index (κ2) is 5.86. The molecule has 110 valence electrons. The molecule has 0 saturated carbocycles. The van der Waals surface area contributed by atoms with Crippen molar-refractivity contribution in [1.29, 1.82) is 0 Å². The van der Waals surface area contributed by atoms with Gasteiger partial charge >= 0.3 is 5.97 Å². The summed E-state index contributed by atoms with van der Waals surface area (Å²) in [5.41, 5.74) is 0. The lowest BCUT2D eigenvalue weighted by molar-refractivity contribution is -0.947. The third-order valence-electron chi connectivity index (χ3n) is 5.16. The van der Waals surface area contributed by atoms with Gasteiger partial charge in [0.2, 0.25) is 0 Å². The van der Waals surface area contributed by atoms with Crippen molar-refractivity contribution in [2.45, 2.75) is 38.1 Å². The van der Waals surface area contributed by atoms with E-state index in [0.29, 0.717) is 18.6 Å². The fourth-order valence-corrected chi connectivity index (χ4v) is 4.69. The van der Waals surface area contributed by atoms with Crippen molar-refractivity contribution in [3.05, 3.63) is 22.4 Å². The zero-order valence-corrected chi connectivity index (χ0v) is 13.0. The summed E-state index contributed by atoms with van der Waals surface area (Å²) < 4.78 is 6.79. The second-order valence-corrected chi connectivity index (χ2v) is 7.42. The molecule has 20 heavy (non-hydrogen) atoms. The zero-order valence-electron chi connectivity index (χ0n) is 12.2. The molecule has 2 fully saturated rings. The summed E-state index contributed by atoms with van der Waals surface area (Å²) in [5.74, 6) is 0.411. The lowest BCUT2D eigenvalue weighted by atomic mass is 9.82. The van der Waals surface area contributed by atoms with Crippen molar-refractivity contribution >= 4 is 17.3 Å². The van der Waals surface area contributed by atoms with Crippen molar-refractivity contribution in [2.75, 3.05) is 26.7 Å². The highest BCUT2D eigenvalue weighted by atomic mass is 32.1. The second-order valence-electron chi connectivity index (χ2n) is 6.47. The van der Waals surface area contributed by atoms with Gasteiger partial charge in [-0.25, -0.2) is 4.79 Å². The normalized spacial score (nSPS) is 33.5. The van der Waals surface area contributed by atoms with Gasteiger partial charge in [-0.2, -0.15) is 0 Å². The first-order valence-electron chi connectivity index (χ1n) is 7.74. The lowest BCUT2D eigenvalue weighted by Crippen LogP contribution is -2.61. The highest BCUT2D eigenvalue weighted by molar-refractivity contribution is 7.11. The molecule has 0 radical (unpaired) electrons. The molecule has 3 atom stereocenters. The first-order valence-corrected chi connectivity index (χ1v) is 8.62. The predicted molar refractivity (Wildman–Crippen MR) is 80.9 cm³/mol. The van der Waals surface area contributed by atoms with Crippen LogP contribution in [0.5, 0.6) is 0 Å². The molecule has 1 aromatic rings. The maximum atomic E-state index is 12.0. The van der Waals surface area contributed by atoms with Crippen LogP contribution in [0.1, 0.15) is 41.8 Å². The molecule has 4 heteroatoms. The van der Waals surface area contributed by atoms with Crippen LogP contribution in [0.3, 0.4) is 0 Å². The summed E-state index contributed by atoms with van der Waals surface area (Å²) in [6.07, 6.45) is 6.49. The van der Waals surface area contributed by atoms with E-state index in [9.17, 15) is 4.79 Å². The largest absolute Gasteiger partial charge is 0.461 e. The van der Waals surface area contributed by atoms with Crippen LogP contribution >= 0.6 is 11.3 Å². The molecule has 0 aliphatic carbocycles. The number of hydrogen-bond donors (Lipinski definition) is 0. The van der Waals surface area contributed by atoms with Crippen LogP contribution in [0.15, 0.2) is 17.5 Å². The molecule has 1 unspecified atom stereocenters. The number of quaternary nitrogens is 1. The summed E-state index contributed by atoms with van der Waals surface area (Å²) in [4.78, 5) is 12.7. The minimum Gasteiger partial charge on any atom is -0.461 e. The fraction of sp³-hybridized carbons (Fsp3) is 0.688. The minimum absolute atomic E-state index is 0.143. The third-order valence-corrected chi connectivity index (χ3v) is 6.01. The van der Waals surface area contributed by atoms with Crippen molar-refractivity contribution in [1.82, 2.24) is 0 Å². The Kier molecular flexibility index (Phi) is 4.13. The monoisotopic (exact) mass is 294 g/mol. The van der Waals surface area contributed by atoms with Crippen molar-refractivity contribution in [3.63, 3.8) is 0 Å². The van der Waals surface area contributed by atoms with Crippen molar-refractivity contribution in [2.24, 2.45) is 5.92 Å². The smallest absolute Gasteiger partial charge is 0.348 e. The maximum Gasteiger partial charge on any atom is 0.348 e. The number of fused-ring (bicyclic) bond motifs is 1. The Balaban J connectivity index is 1.60. The first kappa shape index (κ1) is 14.1. The van der Waals surface area contributed by atoms with E-state index in [4.69, 9.17) is 4.74 Å². The summed E-state index contributed by atoms with van der Waals surface area (Å²) in [7, 11) is 2.40. The summed E-state index contributed by atoms with van der Waals surface area (Å²) in [6.45, 7) is 3.22. The summed E-state index contributed by atoms with van der Waals surface area (Å²) >= 11 is 1.46. The Morgan fingerprint density at radius 1 is 1.35 bits per heavy atom. The van der Waals surface area contributed by atoms with Gasteiger partial charge in [0, 0.05) is 12.3 Å². The van der Waals surface area contributed by atoms with Crippen LogP contribution in [0.4, 0.5) is 0 Å². The summed E-state index contributed by atoms with van der Waals surface area (Å²) in [6, 6.07) is 4.44. The van der Waals surface area contributed by atoms with Gasteiger partial charge < -0.3 is 9.22 Å². The van der Waals surface area contributed by atoms with E-state index >= 15 is 0 Å². The van der Waals surface area contributed by atoms with Gasteiger partial charge in [0.25, 0.3) is 0 Å². The van der Waals surface area contributed by atoms with E-state index in [0.717, 1.165) is 4.88 Å². The van der Waals surface area contributed by atoms with Crippen LogP contribution < -0.4 is 0 Å². The van der Waals surface area contributed by atoms with E-state index in [1.54, 1.807) is 0 Å². The van der Waals surface area contributed by atoms with Crippen LogP contribution in [-0.4, -0.2) is 43.2 Å². The molecule has 0 spiro atoms. The zero-order chi connectivity index (χ0) is 14.0. The van der Waals surface area contributed by atoms with Gasteiger partial charge in [0.15, 0.2) is 0 Å². The van der Waals surface area contributed by atoms with E-state index in [1.807, 2.05) is 17.5 Å². The van der Waals surface area contributed by atoms with Gasteiger partial charge in [0.05, 0.1) is 26.2 Å².